The van der Waals surface area contributed by atoms with E-state index in [9.17, 15) is 0 Å². The van der Waals surface area contributed by atoms with Crippen molar-refractivity contribution >= 4 is 15.9 Å². The Morgan fingerprint density at radius 1 is 1.00 bits per heavy atom. The van der Waals surface area contributed by atoms with E-state index in [1.165, 1.54) is 0 Å². The molecule has 2 rings (SSSR count). The summed E-state index contributed by atoms with van der Waals surface area (Å²) in [5, 5.41) is 7.61. The standard InChI is InChI=1S/C11H11BrN2O4/c1-15-7-4-6(10-13-14-11(12)18-10)5-8(16-2)9(7)17-3/h4-5H,1-3H3. The topological polar surface area (TPSA) is 66.6 Å². The molecule has 1 aromatic heterocycles. The molecule has 0 saturated carbocycles. The maximum Gasteiger partial charge on any atom is 0.285 e. The Morgan fingerprint density at radius 3 is 2.00 bits per heavy atom. The van der Waals surface area contributed by atoms with E-state index in [0.717, 1.165) is 0 Å². The van der Waals surface area contributed by atoms with Gasteiger partial charge in [-0.1, -0.05) is 0 Å². The molecule has 1 heterocycles. The molecule has 0 aliphatic rings. The lowest BCUT2D eigenvalue weighted by molar-refractivity contribution is 0.324. The van der Waals surface area contributed by atoms with Crippen LogP contribution in [0.25, 0.3) is 11.5 Å². The van der Waals surface area contributed by atoms with Gasteiger partial charge in [0, 0.05) is 21.5 Å². The van der Waals surface area contributed by atoms with Crippen molar-refractivity contribution in [3.63, 3.8) is 0 Å². The minimum Gasteiger partial charge on any atom is -0.493 e. The lowest BCUT2D eigenvalue weighted by atomic mass is 10.2. The normalized spacial score (nSPS) is 10.2. The number of hydrogen-bond acceptors (Lipinski definition) is 6. The third-order valence-electron chi connectivity index (χ3n) is 2.31. The van der Waals surface area contributed by atoms with Crippen LogP contribution in [0.5, 0.6) is 17.2 Å². The van der Waals surface area contributed by atoms with Gasteiger partial charge in [0.15, 0.2) is 11.5 Å². The molecule has 7 heteroatoms. The lowest BCUT2D eigenvalue weighted by Crippen LogP contribution is -1.95. The molecule has 0 atom stereocenters. The van der Waals surface area contributed by atoms with E-state index in [-0.39, 0.29) is 0 Å². The first-order valence-electron chi connectivity index (χ1n) is 4.99. The van der Waals surface area contributed by atoms with Gasteiger partial charge in [-0.3, -0.25) is 0 Å². The van der Waals surface area contributed by atoms with Crippen LogP contribution >= 0.6 is 15.9 Å². The van der Waals surface area contributed by atoms with Gasteiger partial charge in [-0.05, 0) is 12.1 Å². The van der Waals surface area contributed by atoms with Gasteiger partial charge >= 0.3 is 0 Å². The van der Waals surface area contributed by atoms with Gasteiger partial charge in [0.1, 0.15) is 0 Å². The highest BCUT2D eigenvalue weighted by atomic mass is 79.9. The summed E-state index contributed by atoms with van der Waals surface area (Å²) < 4.78 is 21.0. The van der Waals surface area contributed by atoms with Crippen LogP contribution in [-0.4, -0.2) is 31.5 Å². The molecule has 0 fully saturated rings. The molecule has 0 bridgehead atoms. The highest BCUT2D eigenvalue weighted by Gasteiger charge is 2.16. The second-order valence-corrected chi connectivity index (χ2v) is 3.95. The van der Waals surface area contributed by atoms with Gasteiger partial charge in [0.25, 0.3) is 4.80 Å². The van der Waals surface area contributed by atoms with E-state index in [1.54, 1.807) is 33.5 Å². The minimum absolute atomic E-state index is 0.311. The molecule has 0 unspecified atom stereocenters. The van der Waals surface area contributed by atoms with Crippen LogP contribution in [0.1, 0.15) is 0 Å². The fourth-order valence-electron chi connectivity index (χ4n) is 1.53. The lowest BCUT2D eigenvalue weighted by Gasteiger charge is -2.12. The second kappa shape index (κ2) is 5.26. The number of nitrogens with zero attached hydrogens (tertiary/aromatic N) is 2. The summed E-state index contributed by atoms with van der Waals surface area (Å²) >= 11 is 3.10. The number of rotatable bonds is 4. The molecular weight excluding hydrogens is 304 g/mol. The summed E-state index contributed by atoms with van der Waals surface area (Å²) in [6, 6.07) is 3.47. The van der Waals surface area contributed by atoms with Crippen molar-refractivity contribution in [1.29, 1.82) is 0 Å². The van der Waals surface area contributed by atoms with Gasteiger partial charge in [0.2, 0.25) is 11.6 Å². The van der Waals surface area contributed by atoms with Gasteiger partial charge in [-0.2, -0.15) is 0 Å². The predicted molar refractivity (Wildman–Crippen MR) is 67.1 cm³/mol. The van der Waals surface area contributed by atoms with Crippen LogP contribution in [0.4, 0.5) is 0 Å². The van der Waals surface area contributed by atoms with Crippen LogP contribution in [0, 0.1) is 0 Å². The van der Waals surface area contributed by atoms with Crippen molar-refractivity contribution in [2.24, 2.45) is 0 Å². The Hall–Kier alpha value is -1.76. The summed E-state index contributed by atoms with van der Waals surface area (Å²) in [7, 11) is 4.64. The second-order valence-electron chi connectivity index (χ2n) is 3.27. The zero-order valence-corrected chi connectivity index (χ0v) is 11.6. The summed E-state index contributed by atoms with van der Waals surface area (Å²) in [5.41, 5.74) is 0.683. The first-order chi connectivity index (χ1) is 8.69. The number of benzene rings is 1. The molecule has 0 aliphatic heterocycles. The van der Waals surface area contributed by atoms with E-state index in [2.05, 4.69) is 26.1 Å². The average molecular weight is 315 g/mol. The largest absolute Gasteiger partial charge is 0.493 e. The first kappa shape index (κ1) is 12.7. The maximum absolute atomic E-state index is 5.28. The fourth-order valence-corrected chi connectivity index (χ4v) is 1.76. The Labute approximate surface area is 112 Å². The quantitative estimate of drug-likeness (QED) is 0.864. The van der Waals surface area contributed by atoms with Crippen molar-refractivity contribution in [1.82, 2.24) is 10.2 Å². The van der Waals surface area contributed by atoms with Crippen molar-refractivity contribution in [3.8, 4) is 28.7 Å². The molecule has 0 amide bonds. The average Bonchev–Trinajstić information content (AvgIpc) is 2.83. The molecule has 1 aromatic carbocycles. The summed E-state index contributed by atoms with van der Waals surface area (Å²) in [6.07, 6.45) is 0. The molecule has 0 saturated heterocycles. The molecule has 2 aromatic rings. The monoisotopic (exact) mass is 314 g/mol. The van der Waals surface area contributed by atoms with E-state index >= 15 is 0 Å². The first-order valence-corrected chi connectivity index (χ1v) is 5.78. The van der Waals surface area contributed by atoms with Crippen molar-refractivity contribution in [2.75, 3.05) is 21.3 Å². The maximum atomic E-state index is 5.28. The fraction of sp³-hybridized carbons (Fsp3) is 0.273. The third-order valence-corrected chi connectivity index (χ3v) is 2.63. The molecule has 6 nitrogen and oxygen atoms in total. The number of ether oxygens (including phenoxy) is 3. The van der Waals surface area contributed by atoms with Crippen LogP contribution in [0.15, 0.2) is 21.3 Å². The van der Waals surface area contributed by atoms with E-state index < -0.39 is 0 Å². The van der Waals surface area contributed by atoms with Gasteiger partial charge in [-0.15, -0.1) is 10.2 Å². The van der Waals surface area contributed by atoms with Crippen LogP contribution < -0.4 is 14.2 Å². The molecule has 18 heavy (non-hydrogen) atoms. The Bertz CT molecular complexity index is 531. The Balaban J connectivity index is 2.56. The van der Waals surface area contributed by atoms with Crippen LogP contribution in [-0.2, 0) is 0 Å². The van der Waals surface area contributed by atoms with Crippen LogP contribution in [0.2, 0.25) is 0 Å². The van der Waals surface area contributed by atoms with E-state index in [4.69, 9.17) is 18.6 Å². The summed E-state index contributed by atoms with van der Waals surface area (Å²) in [6.45, 7) is 0. The summed E-state index contributed by atoms with van der Waals surface area (Å²) in [5.74, 6) is 1.94. The van der Waals surface area contributed by atoms with E-state index in [1.807, 2.05) is 0 Å². The number of halogens is 1. The molecular formula is C11H11BrN2O4. The molecule has 0 aliphatic carbocycles. The summed E-state index contributed by atoms with van der Waals surface area (Å²) in [4.78, 5) is 0.311. The molecule has 0 N–H and O–H groups in total. The zero-order chi connectivity index (χ0) is 13.1. The predicted octanol–water partition coefficient (Wildman–Crippen LogP) is 2.52. The van der Waals surface area contributed by atoms with Gasteiger partial charge < -0.3 is 18.6 Å². The molecule has 96 valence electrons. The number of methoxy groups -OCH3 is 3. The Morgan fingerprint density at radius 2 is 1.61 bits per heavy atom. The Kier molecular flexibility index (Phi) is 3.71. The van der Waals surface area contributed by atoms with E-state index in [0.29, 0.717) is 33.5 Å². The number of hydrogen-bond donors (Lipinski definition) is 0. The van der Waals surface area contributed by atoms with Crippen molar-refractivity contribution in [2.45, 2.75) is 0 Å². The molecule has 0 spiro atoms. The SMILES string of the molecule is COc1cc(-c2nnc(Br)o2)cc(OC)c1OC. The van der Waals surface area contributed by atoms with Gasteiger partial charge in [-0.25, -0.2) is 0 Å². The highest BCUT2D eigenvalue weighted by molar-refractivity contribution is 9.10. The van der Waals surface area contributed by atoms with Crippen LogP contribution in [0.3, 0.4) is 0 Å². The van der Waals surface area contributed by atoms with Gasteiger partial charge in [0.05, 0.1) is 21.3 Å². The highest BCUT2D eigenvalue weighted by Crippen LogP contribution is 2.40. The molecule has 0 radical (unpaired) electrons. The van der Waals surface area contributed by atoms with Crippen molar-refractivity contribution < 1.29 is 18.6 Å². The number of aromatic nitrogens is 2. The zero-order valence-electron chi connectivity index (χ0n) is 10.1. The smallest absolute Gasteiger partial charge is 0.285 e. The minimum atomic E-state index is 0.311. The van der Waals surface area contributed by atoms with Crippen molar-refractivity contribution in [3.05, 3.63) is 16.9 Å². The third kappa shape index (κ3) is 2.26.